The molecule has 132 valence electrons. The number of nitrogens with zero attached hydrogens (tertiary/aromatic N) is 1. The summed E-state index contributed by atoms with van der Waals surface area (Å²) < 4.78 is 0. The summed E-state index contributed by atoms with van der Waals surface area (Å²) in [5, 5.41) is 23.4. The van der Waals surface area contributed by atoms with Crippen molar-refractivity contribution in [2.24, 2.45) is 0 Å². The highest BCUT2D eigenvalue weighted by atomic mass is 16.6. The second kappa shape index (κ2) is 7.44. The highest BCUT2D eigenvalue weighted by Crippen LogP contribution is 2.22. The number of nitro benzene ring substituents is 1. The predicted octanol–water partition coefficient (Wildman–Crippen LogP) is 3.36. The van der Waals surface area contributed by atoms with Crippen LogP contribution in [-0.2, 0) is 5.41 Å². The van der Waals surface area contributed by atoms with Crippen molar-refractivity contribution in [3.05, 3.63) is 75.3 Å². The highest BCUT2D eigenvalue weighted by molar-refractivity contribution is 5.94. The summed E-state index contributed by atoms with van der Waals surface area (Å²) in [5.41, 5.74) is 2.13. The second-order valence-electron chi connectivity index (χ2n) is 6.90. The Balaban J connectivity index is 1.95. The second-order valence-corrected chi connectivity index (χ2v) is 6.90. The van der Waals surface area contributed by atoms with E-state index in [0.717, 1.165) is 5.56 Å². The molecule has 1 atom stereocenters. The molecule has 2 rings (SSSR count). The summed E-state index contributed by atoms with van der Waals surface area (Å²) in [4.78, 5) is 22.3. The fourth-order valence-corrected chi connectivity index (χ4v) is 2.35. The maximum absolute atomic E-state index is 12.2. The number of aliphatic hydroxyl groups excluding tert-OH is 1. The summed E-state index contributed by atoms with van der Waals surface area (Å²) in [6, 6.07) is 13.0. The molecule has 2 N–H and O–H groups in total. The third-order valence-corrected chi connectivity index (χ3v) is 3.96. The SMILES string of the molecule is CC(C)(C)c1ccc(C(=O)NCC(O)c2ccc([N+](=O)[O-])cc2)cc1. The monoisotopic (exact) mass is 342 g/mol. The van der Waals surface area contributed by atoms with Crippen LogP contribution in [0, 0.1) is 10.1 Å². The summed E-state index contributed by atoms with van der Waals surface area (Å²) in [7, 11) is 0. The highest BCUT2D eigenvalue weighted by Gasteiger charge is 2.15. The fraction of sp³-hybridized carbons (Fsp3) is 0.316. The molecule has 0 aliphatic carbocycles. The van der Waals surface area contributed by atoms with Crippen LogP contribution in [0.3, 0.4) is 0 Å². The molecule has 0 aliphatic rings. The molecule has 0 radical (unpaired) electrons. The van der Waals surface area contributed by atoms with Crippen LogP contribution in [-0.4, -0.2) is 22.5 Å². The van der Waals surface area contributed by atoms with Crippen molar-refractivity contribution in [1.29, 1.82) is 0 Å². The minimum Gasteiger partial charge on any atom is -0.387 e. The zero-order valence-corrected chi connectivity index (χ0v) is 14.5. The molecule has 25 heavy (non-hydrogen) atoms. The van der Waals surface area contributed by atoms with Crippen molar-refractivity contribution in [2.75, 3.05) is 6.54 Å². The van der Waals surface area contributed by atoms with Gasteiger partial charge in [0, 0.05) is 24.2 Å². The van der Waals surface area contributed by atoms with E-state index in [1.165, 1.54) is 24.3 Å². The van der Waals surface area contributed by atoms with E-state index in [0.29, 0.717) is 11.1 Å². The van der Waals surface area contributed by atoms with Gasteiger partial charge in [0.1, 0.15) is 0 Å². The van der Waals surface area contributed by atoms with Gasteiger partial charge in [0.2, 0.25) is 0 Å². The zero-order valence-electron chi connectivity index (χ0n) is 14.5. The molecule has 0 aromatic heterocycles. The minimum atomic E-state index is -0.932. The number of benzene rings is 2. The molecule has 2 aromatic rings. The number of nitrogens with one attached hydrogen (secondary N) is 1. The van der Waals surface area contributed by atoms with Crippen molar-refractivity contribution < 1.29 is 14.8 Å². The average molecular weight is 342 g/mol. The van der Waals surface area contributed by atoms with E-state index in [4.69, 9.17) is 0 Å². The van der Waals surface area contributed by atoms with E-state index in [1.807, 2.05) is 12.1 Å². The molecule has 0 saturated carbocycles. The number of carbonyl (C=O) groups is 1. The van der Waals surface area contributed by atoms with E-state index < -0.39 is 11.0 Å². The smallest absolute Gasteiger partial charge is 0.269 e. The van der Waals surface area contributed by atoms with E-state index >= 15 is 0 Å². The van der Waals surface area contributed by atoms with Crippen LogP contribution in [0.15, 0.2) is 48.5 Å². The Kier molecular flexibility index (Phi) is 5.54. The van der Waals surface area contributed by atoms with Crippen molar-refractivity contribution in [3.8, 4) is 0 Å². The predicted molar refractivity (Wildman–Crippen MR) is 95.5 cm³/mol. The van der Waals surface area contributed by atoms with Gasteiger partial charge in [0.15, 0.2) is 0 Å². The Hall–Kier alpha value is -2.73. The standard InChI is InChI=1S/C19H22N2O4/c1-19(2,3)15-8-4-14(5-9-15)18(23)20-12-17(22)13-6-10-16(11-7-13)21(24)25/h4-11,17,22H,12H2,1-3H3,(H,20,23). The van der Waals surface area contributed by atoms with Crippen LogP contribution < -0.4 is 5.32 Å². The molecule has 1 amide bonds. The number of hydrogen-bond donors (Lipinski definition) is 2. The number of carbonyl (C=O) groups excluding carboxylic acids is 1. The number of nitro groups is 1. The van der Waals surface area contributed by atoms with E-state index in [9.17, 15) is 20.0 Å². The van der Waals surface area contributed by atoms with Gasteiger partial charge >= 0.3 is 0 Å². The number of amides is 1. The Morgan fingerprint density at radius 2 is 1.68 bits per heavy atom. The molecule has 1 unspecified atom stereocenters. The summed E-state index contributed by atoms with van der Waals surface area (Å²) in [5.74, 6) is -0.276. The van der Waals surface area contributed by atoms with Gasteiger partial charge in [-0.1, -0.05) is 32.9 Å². The van der Waals surface area contributed by atoms with Gasteiger partial charge in [-0.15, -0.1) is 0 Å². The largest absolute Gasteiger partial charge is 0.387 e. The van der Waals surface area contributed by atoms with Crippen LogP contribution in [0.4, 0.5) is 5.69 Å². The van der Waals surface area contributed by atoms with Crippen molar-refractivity contribution in [1.82, 2.24) is 5.32 Å². The first-order valence-electron chi connectivity index (χ1n) is 7.99. The van der Waals surface area contributed by atoms with Gasteiger partial charge in [-0.05, 0) is 40.8 Å². The van der Waals surface area contributed by atoms with Crippen LogP contribution in [0.2, 0.25) is 0 Å². The molecule has 6 nitrogen and oxygen atoms in total. The fourth-order valence-electron chi connectivity index (χ4n) is 2.35. The first-order valence-corrected chi connectivity index (χ1v) is 7.99. The number of hydrogen-bond acceptors (Lipinski definition) is 4. The van der Waals surface area contributed by atoms with E-state index in [1.54, 1.807) is 12.1 Å². The summed E-state index contributed by atoms with van der Waals surface area (Å²) in [6.07, 6.45) is -0.932. The van der Waals surface area contributed by atoms with Crippen LogP contribution in [0.5, 0.6) is 0 Å². The summed E-state index contributed by atoms with van der Waals surface area (Å²) >= 11 is 0. The molecule has 0 aliphatic heterocycles. The Morgan fingerprint density at radius 1 is 1.12 bits per heavy atom. The van der Waals surface area contributed by atoms with Crippen molar-refractivity contribution >= 4 is 11.6 Å². The molecular weight excluding hydrogens is 320 g/mol. The normalized spacial score (nSPS) is 12.5. The maximum Gasteiger partial charge on any atom is 0.269 e. The molecule has 2 aromatic carbocycles. The molecule has 0 saturated heterocycles. The number of non-ortho nitro benzene ring substituents is 1. The van der Waals surface area contributed by atoms with E-state index in [2.05, 4.69) is 26.1 Å². The van der Waals surface area contributed by atoms with Crippen molar-refractivity contribution in [2.45, 2.75) is 32.3 Å². The average Bonchev–Trinajstić information content (AvgIpc) is 2.58. The Labute approximate surface area is 146 Å². The number of rotatable bonds is 5. The molecular formula is C19H22N2O4. The van der Waals surface area contributed by atoms with Gasteiger partial charge in [0.05, 0.1) is 11.0 Å². The molecule has 0 spiro atoms. The van der Waals surface area contributed by atoms with Gasteiger partial charge < -0.3 is 10.4 Å². The Morgan fingerprint density at radius 3 is 2.16 bits per heavy atom. The van der Waals surface area contributed by atoms with Crippen LogP contribution >= 0.6 is 0 Å². The van der Waals surface area contributed by atoms with Gasteiger partial charge in [-0.2, -0.15) is 0 Å². The lowest BCUT2D eigenvalue weighted by Gasteiger charge is -2.19. The first kappa shape index (κ1) is 18.6. The first-order chi connectivity index (χ1) is 11.7. The van der Waals surface area contributed by atoms with Crippen molar-refractivity contribution in [3.63, 3.8) is 0 Å². The van der Waals surface area contributed by atoms with Gasteiger partial charge in [-0.25, -0.2) is 0 Å². The molecule has 0 bridgehead atoms. The Bertz CT molecular complexity index is 746. The molecule has 6 heteroatoms. The third-order valence-electron chi connectivity index (χ3n) is 3.96. The molecule has 0 heterocycles. The topological polar surface area (TPSA) is 92.5 Å². The maximum atomic E-state index is 12.2. The lowest BCUT2D eigenvalue weighted by atomic mass is 9.87. The van der Waals surface area contributed by atoms with Crippen LogP contribution in [0.25, 0.3) is 0 Å². The quantitative estimate of drug-likeness (QED) is 0.644. The number of aliphatic hydroxyl groups is 1. The van der Waals surface area contributed by atoms with E-state index in [-0.39, 0.29) is 23.6 Å². The minimum absolute atomic E-state index is 0.0150. The van der Waals surface area contributed by atoms with Crippen LogP contribution in [0.1, 0.15) is 48.4 Å². The third kappa shape index (κ3) is 4.87. The van der Waals surface area contributed by atoms with Gasteiger partial charge in [-0.3, -0.25) is 14.9 Å². The lowest BCUT2D eigenvalue weighted by Crippen LogP contribution is -2.28. The zero-order chi connectivity index (χ0) is 18.6. The summed E-state index contributed by atoms with van der Waals surface area (Å²) in [6.45, 7) is 6.32. The molecule has 0 fully saturated rings. The van der Waals surface area contributed by atoms with Gasteiger partial charge in [0.25, 0.3) is 11.6 Å². The lowest BCUT2D eigenvalue weighted by molar-refractivity contribution is -0.384.